The maximum atomic E-state index is 9.63. The van der Waals surface area contributed by atoms with Gasteiger partial charge in [-0.3, -0.25) is 4.99 Å². The van der Waals surface area contributed by atoms with E-state index in [1.54, 1.807) is 11.3 Å². The Bertz CT molecular complexity index is 554. The van der Waals surface area contributed by atoms with E-state index in [0.29, 0.717) is 6.04 Å². The predicted molar refractivity (Wildman–Crippen MR) is 120 cm³/mol. The van der Waals surface area contributed by atoms with Gasteiger partial charge in [-0.15, -0.1) is 35.3 Å². The van der Waals surface area contributed by atoms with Crippen LogP contribution in [0, 0.1) is 0 Å². The van der Waals surface area contributed by atoms with Crippen molar-refractivity contribution in [2.75, 3.05) is 31.1 Å². The van der Waals surface area contributed by atoms with Gasteiger partial charge in [0.1, 0.15) is 0 Å². The number of nitrogens with one attached hydrogen (secondary N) is 2. The number of halogens is 1. The lowest BCUT2D eigenvalue weighted by Crippen LogP contribution is -2.45. The van der Waals surface area contributed by atoms with Crippen molar-refractivity contribution >= 4 is 46.4 Å². The van der Waals surface area contributed by atoms with Gasteiger partial charge in [-0.05, 0) is 45.4 Å². The summed E-state index contributed by atoms with van der Waals surface area (Å²) >= 11 is 1.76. The van der Waals surface area contributed by atoms with Crippen molar-refractivity contribution in [1.29, 1.82) is 0 Å². The first-order valence-electron chi connectivity index (χ1n) is 9.67. The zero-order valence-electron chi connectivity index (χ0n) is 15.6. The Kier molecular flexibility index (Phi) is 9.41. The van der Waals surface area contributed by atoms with Crippen LogP contribution in [-0.4, -0.2) is 54.4 Å². The first kappa shape index (κ1) is 21.7. The number of hydrogen-bond donors (Lipinski definition) is 3. The van der Waals surface area contributed by atoms with Crippen molar-refractivity contribution in [1.82, 2.24) is 15.6 Å². The molecule has 1 aliphatic carbocycles. The number of thiazole rings is 1. The Balaban J connectivity index is 0.00000243. The summed E-state index contributed by atoms with van der Waals surface area (Å²) in [6.07, 6.45) is 7.12. The molecule has 6 nitrogen and oxygen atoms in total. The standard InChI is InChI=1S/C18H31N5OS.HI/c1-2-19-17(21-14-5-7-16(24)8-6-14)20-10-9-15-13-25-18(22-15)23-11-3-4-12-23;/h13-14,16,24H,2-12H2,1H3,(H2,19,20,21);1H. The average molecular weight is 493 g/mol. The fourth-order valence-corrected chi connectivity index (χ4v) is 4.39. The van der Waals surface area contributed by atoms with E-state index in [4.69, 9.17) is 9.98 Å². The molecular formula is C18H32IN5OS. The minimum Gasteiger partial charge on any atom is -0.393 e. The maximum absolute atomic E-state index is 9.63. The first-order valence-corrected chi connectivity index (χ1v) is 10.5. The summed E-state index contributed by atoms with van der Waals surface area (Å²) in [5.74, 6) is 0.888. The van der Waals surface area contributed by atoms with Gasteiger partial charge < -0.3 is 20.6 Å². The molecule has 2 heterocycles. The second kappa shape index (κ2) is 11.3. The minimum atomic E-state index is -0.118. The smallest absolute Gasteiger partial charge is 0.191 e. The number of aliphatic hydroxyl groups excluding tert-OH is 1. The molecule has 8 heteroatoms. The fourth-order valence-electron chi connectivity index (χ4n) is 3.48. The second-order valence-corrected chi connectivity index (χ2v) is 7.81. The zero-order valence-corrected chi connectivity index (χ0v) is 18.8. The number of nitrogens with zero attached hydrogens (tertiary/aromatic N) is 3. The largest absolute Gasteiger partial charge is 0.393 e. The molecule has 0 radical (unpaired) electrons. The highest BCUT2D eigenvalue weighted by molar-refractivity contribution is 14.0. The van der Waals surface area contributed by atoms with E-state index in [1.807, 2.05) is 0 Å². The van der Waals surface area contributed by atoms with Crippen molar-refractivity contribution in [3.8, 4) is 0 Å². The molecule has 1 saturated carbocycles. The Morgan fingerprint density at radius 2 is 2.04 bits per heavy atom. The van der Waals surface area contributed by atoms with E-state index in [0.717, 1.165) is 69.9 Å². The third-order valence-corrected chi connectivity index (χ3v) is 5.89. The summed E-state index contributed by atoms with van der Waals surface area (Å²) in [7, 11) is 0. The Morgan fingerprint density at radius 3 is 2.73 bits per heavy atom. The van der Waals surface area contributed by atoms with Crippen molar-refractivity contribution in [2.45, 2.75) is 64.0 Å². The van der Waals surface area contributed by atoms with Crippen LogP contribution in [0.3, 0.4) is 0 Å². The summed E-state index contributed by atoms with van der Waals surface area (Å²) in [6, 6.07) is 0.419. The monoisotopic (exact) mass is 493 g/mol. The first-order chi connectivity index (χ1) is 12.2. The average Bonchev–Trinajstić information content (AvgIpc) is 3.28. The van der Waals surface area contributed by atoms with Gasteiger partial charge in [0.2, 0.25) is 0 Å². The lowest BCUT2D eigenvalue weighted by atomic mass is 9.93. The second-order valence-electron chi connectivity index (χ2n) is 6.98. The highest BCUT2D eigenvalue weighted by Gasteiger charge is 2.20. The van der Waals surface area contributed by atoms with Crippen LogP contribution in [0.1, 0.15) is 51.1 Å². The predicted octanol–water partition coefficient (Wildman–Crippen LogP) is 2.76. The molecule has 1 saturated heterocycles. The quantitative estimate of drug-likeness (QED) is 0.323. The van der Waals surface area contributed by atoms with Crippen molar-refractivity contribution in [2.24, 2.45) is 4.99 Å². The number of anilines is 1. The van der Waals surface area contributed by atoms with E-state index in [1.165, 1.54) is 18.0 Å². The molecule has 0 unspecified atom stereocenters. The normalized spacial score (nSPS) is 23.6. The topological polar surface area (TPSA) is 72.8 Å². The minimum absolute atomic E-state index is 0. The van der Waals surface area contributed by atoms with Gasteiger partial charge in [-0.25, -0.2) is 4.98 Å². The van der Waals surface area contributed by atoms with E-state index >= 15 is 0 Å². The van der Waals surface area contributed by atoms with E-state index < -0.39 is 0 Å². The molecule has 3 rings (SSSR count). The molecule has 2 fully saturated rings. The van der Waals surface area contributed by atoms with Gasteiger partial charge in [-0.2, -0.15) is 0 Å². The molecule has 1 aromatic heterocycles. The molecular weight excluding hydrogens is 461 g/mol. The van der Waals surface area contributed by atoms with Crippen LogP contribution in [0.25, 0.3) is 0 Å². The molecule has 1 aromatic rings. The molecule has 26 heavy (non-hydrogen) atoms. The molecule has 1 aliphatic heterocycles. The van der Waals surface area contributed by atoms with E-state index in [-0.39, 0.29) is 30.1 Å². The SMILES string of the molecule is CCNC(=NCCc1csc(N2CCCC2)n1)NC1CCC(O)CC1.I. The van der Waals surface area contributed by atoms with Crippen LogP contribution in [-0.2, 0) is 6.42 Å². The van der Waals surface area contributed by atoms with E-state index in [9.17, 15) is 5.11 Å². The third-order valence-electron chi connectivity index (χ3n) is 4.94. The summed E-state index contributed by atoms with van der Waals surface area (Å²) in [6.45, 7) is 5.99. The Labute approximate surface area is 177 Å². The molecule has 2 aliphatic rings. The highest BCUT2D eigenvalue weighted by Crippen LogP contribution is 2.24. The van der Waals surface area contributed by atoms with Gasteiger partial charge >= 0.3 is 0 Å². The lowest BCUT2D eigenvalue weighted by molar-refractivity contribution is 0.120. The van der Waals surface area contributed by atoms with Gasteiger partial charge in [-0.1, -0.05) is 0 Å². The van der Waals surface area contributed by atoms with Crippen LogP contribution in [0.5, 0.6) is 0 Å². The molecule has 0 bridgehead atoms. The summed E-state index contributed by atoms with van der Waals surface area (Å²) in [4.78, 5) is 11.9. The molecule has 148 valence electrons. The van der Waals surface area contributed by atoms with Crippen molar-refractivity contribution < 1.29 is 5.11 Å². The summed E-state index contributed by atoms with van der Waals surface area (Å²) < 4.78 is 0. The fraction of sp³-hybridized carbons (Fsp3) is 0.778. The maximum Gasteiger partial charge on any atom is 0.191 e. The molecule has 0 spiro atoms. The summed E-state index contributed by atoms with van der Waals surface area (Å²) in [5.41, 5.74) is 1.15. The molecule has 0 atom stereocenters. The number of guanidine groups is 1. The number of aromatic nitrogens is 1. The van der Waals surface area contributed by atoms with Crippen LogP contribution in [0.4, 0.5) is 5.13 Å². The Hall–Kier alpha value is -0.610. The van der Waals surface area contributed by atoms with Crippen LogP contribution < -0.4 is 15.5 Å². The third kappa shape index (κ3) is 6.53. The number of hydrogen-bond acceptors (Lipinski definition) is 5. The number of rotatable bonds is 6. The zero-order chi connectivity index (χ0) is 17.5. The highest BCUT2D eigenvalue weighted by atomic mass is 127. The molecule has 0 aromatic carbocycles. The van der Waals surface area contributed by atoms with Crippen LogP contribution in [0.15, 0.2) is 10.4 Å². The molecule has 0 amide bonds. The van der Waals surface area contributed by atoms with Crippen molar-refractivity contribution in [3.63, 3.8) is 0 Å². The number of aliphatic imine (C=N–C) groups is 1. The van der Waals surface area contributed by atoms with Gasteiger partial charge in [0.15, 0.2) is 11.1 Å². The van der Waals surface area contributed by atoms with E-state index in [2.05, 4.69) is 27.8 Å². The van der Waals surface area contributed by atoms with Gasteiger partial charge in [0.25, 0.3) is 0 Å². The van der Waals surface area contributed by atoms with Crippen molar-refractivity contribution in [3.05, 3.63) is 11.1 Å². The van der Waals surface area contributed by atoms with Crippen LogP contribution >= 0.6 is 35.3 Å². The van der Waals surface area contributed by atoms with Gasteiger partial charge in [0.05, 0.1) is 11.8 Å². The Morgan fingerprint density at radius 1 is 1.31 bits per heavy atom. The molecule has 3 N–H and O–H groups in total. The number of aliphatic hydroxyl groups is 1. The summed E-state index contributed by atoms with van der Waals surface area (Å²) in [5, 5.41) is 19.8. The van der Waals surface area contributed by atoms with Crippen LogP contribution in [0.2, 0.25) is 0 Å². The lowest BCUT2D eigenvalue weighted by Gasteiger charge is -2.27. The van der Waals surface area contributed by atoms with Gasteiger partial charge in [0, 0.05) is 44.0 Å².